The first-order valence-electron chi connectivity index (χ1n) is 17.3. The molecule has 230 valence electrons. The molecule has 1 unspecified atom stereocenters. The van der Waals surface area contributed by atoms with Gasteiger partial charge >= 0.3 is 0 Å². The SMILES string of the molecule is CC1(C)c2cc(N(C3=CCC(c4ccccc4)CC3)c3ccccc3)ccc2-c2ccc(-n3c4c(c5ccccc53)CCC=C4)cc21. The topological polar surface area (TPSA) is 8.17 Å². The maximum absolute atomic E-state index is 2.51. The fraction of sp³-hybridized carbons (Fsp3) is 0.200. The summed E-state index contributed by atoms with van der Waals surface area (Å²) in [6.07, 6.45) is 12.7. The van der Waals surface area contributed by atoms with E-state index in [4.69, 9.17) is 0 Å². The molecule has 1 atom stereocenters. The van der Waals surface area contributed by atoms with Gasteiger partial charge in [0.25, 0.3) is 0 Å². The number of benzene rings is 5. The smallest absolute Gasteiger partial charge is 0.0537 e. The van der Waals surface area contributed by atoms with Gasteiger partial charge in [0.2, 0.25) is 0 Å². The van der Waals surface area contributed by atoms with Crippen LogP contribution < -0.4 is 4.90 Å². The molecule has 0 saturated heterocycles. The van der Waals surface area contributed by atoms with E-state index in [0.29, 0.717) is 5.92 Å². The number of fused-ring (bicyclic) bond motifs is 6. The predicted molar refractivity (Wildman–Crippen MR) is 198 cm³/mol. The maximum atomic E-state index is 2.51. The van der Waals surface area contributed by atoms with Crippen molar-refractivity contribution in [1.82, 2.24) is 4.57 Å². The zero-order valence-corrected chi connectivity index (χ0v) is 27.3. The van der Waals surface area contributed by atoms with E-state index in [0.717, 1.165) is 32.1 Å². The molecule has 0 spiro atoms. The van der Waals surface area contributed by atoms with Gasteiger partial charge in [-0.3, -0.25) is 0 Å². The van der Waals surface area contributed by atoms with Crippen molar-refractivity contribution in [2.75, 3.05) is 4.90 Å². The summed E-state index contributed by atoms with van der Waals surface area (Å²) in [5, 5.41) is 1.38. The number of hydrogen-bond acceptors (Lipinski definition) is 1. The van der Waals surface area contributed by atoms with Crippen molar-refractivity contribution in [3.63, 3.8) is 0 Å². The van der Waals surface area contributed by atoms with Crippen molar-refractivity contribution in [2.45, 2.75) is 57.3 Å². The molecule has 9 rings (SSSR count). The molecule has 3 aliphatic carbocycles. The summed E-state index contributed by atoms with van der Waals surface area (Å²) in [5.41, 5.74) is 16.1. The monoisotopic (exact) mass is 608 g/mol. The number of aryl methyl sites for hydroxylation is 1. The quantitative estimate of drug-likeness (QED) is 0.189. The van der Waals surface area contributed by atoms with Crippen LogP contribution in [0.5, 0.6) is 0 Å². The highest BCUT2D eigenvalue weighted by molar-refractivity contribution is 5.91. The lowest BCUT2D eigenvalue weighted by atomic mass is 9.82. The van der Waals surface area contributed by atoms with Crippen molar-refractivity contribution in [3.8, 4) is 16.8 Å². The van der Waals surface area contributed by atoms with Gasteiger partial charge in [-0.05, 0) is 120 Å². The van der Waals surface area contributed by atoms with Gasteiger partial charge < -0.3 is 9.47 Å². The highest BCUT2D eigenvalue weighted by atomic mass is 15.1. The van der Waals surface area contributed by atoms with Crippen molar-refractivity contribution in [1.29, 1.82) is 0 Å². The Kier molecular flexibility index (Phi) is 6.61. The Balaban J connectivity index is 1.12. The summed E-state index contributed by atoms with van der Waals surface area (Å²) >= 11 is 0. The number of para-hydroxylation sites is 2. The van der Waals surface area contributed by atoms with Crippen molar-refractivity contribution in [2.24, 2.45) is 0 Å². The van der Waals surface area contributed by atoms with Crippen LogP contribution in [0.2, 0.25) is 0 Å². The highest BCUT2D eigenvalue weighted by Crippen LogP contribution is 2.51. The lowest BCUT2D eigenvalue weighted by molar-refractivity contribution is 0.593. The Hall–Kier alpha value is -5.08. The molecule has 0 fully saturated rings. The highest BCUT2D eigenvalue weighted by Gasteiger charge is 2.37. The van der Waals surface area contributed by atoms with Crippen LogP contribution >= 0.6 is 0 Å². The molecule has 0 bridgehead atoms. The number of rotatable bonds is 5. The minimum Gasteiger partial charge on any atom is -0.315 e. The summed E-state index contributed by atoms with van der Waals surface area (Å²) in [7, 11) is 0. The molecular weight excluding hydrogens is 569 g/mol. The van der Waals surface area contributed by atoms with Gasteiger partial charge in [-0.2, -0.15) is 0 Å². The first kappa shape index (κ1) is 28.2. The minimum atomic E-state index is -0.128. The molecule has 5 aromatic carbocycles. The fourth-order valence-electron chi connectivity index (χ4n) is 8.57. The molecule has 1 heterocycles. The number of aromatic nitrogens is 1. The average molecular weight is 609 g/mol. The number of hydrogen-bond donors (Lipinski definition) is 0. The third-order valence-corrected chi connectivity index (χ3v) is 11.0. The van der Waals surface area contributed by atoms with Crippen LogP contribution in [-0.4, -0.2) is 4.57 Å². The Morgan fingerprint density at radius 1 is 0.702 bits per heavy atom. The molecule has 1 aromatic heterocycles. The molecule has 0 radical (unpaired) electrons. The number of anilines is 2. The molecule has 0 aliphatic heterocycles. The van der Waals surface area contributed by atoms with Crippen molar-refractivity contribution >= 4 is 28.4 Å². The van der Waals surface area contributed by atoms with E-state index in [1.807, 2.05) is 0 Å². The van der Waals surface area contributed by atoms with E-state index in [1.165, 1.54) is 72.7 Å². The van der Waals surface area contributed by atoms with Crippen molar-refractivity contribution in [3.05, 3.63) is 167 Å². The van der Waals surface area contributed by atoms with Gasteiger partial charge in [0.1, 0.15) is 0 Å². The molecule has 47 heavy (non-hydrogen) atoms. The van der Waals surface area contributed by atoms with Gasteiger partial charge in [-0.25, -0.2) is 0 Å². The van der Waals surface area contributed by atoms with E-state index in [1.54, 1.807) is 0 Å². The zero-order valence-electron chi connectivity index (χ0n) is 27.3. The summed E-state index contributed by atoms with van der Waals surface area (Å²) < 4.78 is 2.49. The Bertz CT molecular complexity index is 2200. The first-order chi connectivity index (χ1) is 23.1. The van der Waals surface area contributed by atoms with Gasteiger partial charge in [-0.1, -0.05) is 105 Å². The van der Waals surface area contributed by atoms with Crippen LogP contribution in [-0.2, 0) is 11.8 Å². The van der Waals surface area contributed by atoms with Crippen LogP contribution in [0.3, 0.4) is 0 Å². The molecule has 0 amide bonds. The summed E-state index contributed by atoms with van der Waals surface area (Å²) in [6.45, 7) is 4.82. The van der Waals surface area contributed by atoms with E-state index >= 15 is 0 Å². The van der Waals surface area contributed by atoms with Crippen LogP contribution in [0.4, 0.5) is 11.4 Å². The molecule has 2 heteroatoms. The normalized spacial score (nSPS) is 17.6. The second-order valence-electron chi connectivity index (χ2n) is 14.0. The molecule has 3 aliphatic rings. The Morgan fingerprint density at radius 2 is 1.43 bits per heavy atom. The first-order valence-corrected chi connectivity index (χ1v) is 17.3. The van der Waals surface area contributed by atoms with E-state index in [9.17, 15) is 0 Å². The largest absolute Gasteiger partial charge is 0.315 e. The second kappa shape index (κ2) is 11.0. The third kappa shape index (κ3) is 4.53. The van der Waals surface area contributed by atoms with E-state index in [2.05, 4.69) is 163 Å². The molecular formula is C45H40N2. The number of nitrogens with zero attached hydrogens (tertiary/aromatic N) is 2. The van der Waals surface area contributed by atoms with E-state index < -0.39 is 0 Å². The summed E-state index contributed by atoms with van der Waals surface area (Å²) in [4.78, 5) is 2.51. The van der Waals surface area contributed by atoms with Gasteiger partial charge in [0, 0.05) is 39.3 Å². The average Bonchev–Trinajstić information content (AvgIpc) is 3.58. The Labute approximate surface area is 278 Å². The standard InChI is InChI=1S/C45H40N2/c1-45(2)41-29-35(46(33-15-7-4-8-16-33)34-23-21-32(22-24-34)31-13-5-3-6-14-31)25-27-37(41)38-28-26-36(30-42(38)45)47-43-19-11-9-17-39(43)40-18-10-12-20-44(40)47/h3-9,11-17,19-20,23,25-30,32H,10,18,21-22,24H2,1-2H3. The van der Waals surface area contributed by atoms with Gasteiger partial charge in [0.05, 0.1) is 5.52 Å². The predicted octanol–water partition coefficient (Wildman–Crippen LogP) is 11.9. The lowest BCUT2D eigenvalue weighted by Crippen LogP contribution is -2.21. The zero-order chi connectivity index (χ0) is 31.5. The molecule has 2 nitrogen and oxygen atoms in total. The maximum Gasteiger partial charge on any atom is 0.0537 e. The van der Waals surface area contributed by atoms with Crippen LogP contribution in [0, 0.1) is 0 Å². The summed E-state index contributed by atoms with van der Waals surface area (Å²) in [6, 6.07) is 45.2. The lowest BCUT2D eigenvalue weighted by Gasteiger charge is -2.33. The third-order valence-electron chi connectivity index (χ3n) is 11.0. The van der Waals surface area contributed by atoms with Crippen LogP contribution in [0.15, 0.2) is 139 Å². The van der Waals surface area contributed by atoms with Crippen LogP contribution in [0.25, 0.3) is 33.8 Å². The second-order valence-corrected chi connectivity index (χ2v) is 14.0. The minimum absolute atomic E-state index is 0.128. The number of allylic oxidation sites excluding steroid dienone is 3. The van der Waals surface area contributed by atoms with Gasteiger partial charge in [-0.15, -0.1) is 0 Å². The van der Waals surface area contributed by atoms with E-state index in [-0.39, 0.29) is 5.41 Å². The Morgan fingerprint density at radius 3 is 2.21 bits per heavy atom. The van der Waals surface area contributed by atoms with Crippen molar-refractivity contribution < 1.29 is 0 Å². The molecule has 6 aromatic rings. The van der Waals surface area contributed by atoms with Crippen LogP contribution in [0.1, 0.15) is 73.4 Å². The fourth-order valence-corrected chi connectivity index (χ4v) is 8.57. The molecule has 0 saturated carbocycles. The van der Waals surface area contributed by atoms with Gasteiger partial charge in [0.15, 0.2) is 0 Å². The molecule has 0 N–H and O–H groups in total. The summed E-state index contributed by atoms with van der Waals surface area (Å²) in [5.74, 6) is 0.582.